The predicted octanol–water partition coefficient (Wildman–Crippen LogP) is 1.63. The van der Waals surface area contributed by atoms with Gasteiger partial charge in [0.25, 0.3) is 0 Å². The molecule has 1 aromatic carbocycles. The summed E-state index contributed by atoms with van der Waals surface area (Å²) in [6, 6.07) is 7.50. The van der Waals surface area contributed by atoms with E-state index in [9.17, 15) is 9.90 Å². The number of benzene rings is 1. The van der Waals surface area contributed by atoms with Crippen LogP contribution in [0.1, 0.15) is 12.5 Å². The van der Waals surface area contributed by atoms with Gasteiger partial charge in [-0.05, 0) is 31.0 Å². The highest BCUT2D eigenvalue weighted by Gasteiger charge is 2.31. The SMILES string of the molecule is CC(Cc1ccc(Cl)cc1)N1CCNCC1C(=O)O. The average Bonchev–Trinajstić information content (AvgIpc) is 2.41. The van der Waals surface area contributed by atoms with E-state index in [0.29, 0.717) is 6.54 Å². The molecule has 0 radical (unpaired) electrons. The van der Waals surface area contributed by atoms with E-state index in [-0.39, 0.29) is 6.04 Å². The van der Waals surface area contributed by atoms with E-state index in [4.69, 9.17) is 11.6 Å². The van der Waals surface area contributed by atoms with Gasteiger partial charge < -0.3 is 10.4 Å². The maximum absolute atomic E-state index is 11.3. The molecular formula is C14H19ClN2O2. The monoisotopic (exact) mass is 282 g/mol. The smallest absolute Gasteiger partial charge is 0.322 e. The summed E-state index contributed by atoms with van der Waals surface area (Å²) >= 11 is 5.87. The zero-order valence-electron chi connectivity index (χ0n) is 11.0. The molecule has 1 aliphatic rings. The van der Waals surface area contributed by atoms with Crippen molar-refractivity contribution >= 4 is 17.6 Å². The van der Waals surface area contributed by atoms with Crippen LogP contribution in [0, 0.1) is 0 Å². The molecule has 1 aliphatic heterocycles. The molecule has 19 heavy (non-hydrogen) atoms. The lowest BCUT2D eigenvalue weighted by Crippen LogP contribution is -2.58. The number of carboxylic acids is 1. The number of nitrogens with zero attached hydrogens (tertiary/aromatic N) is 1. The highest BCUT2D eigenvalue weighted by atomic mass is 35.5. The molecule has 2 unspecified atom stereocenters. The second kappa shape index (κ2) is 6.37. The van der Waals surface area contributed by atoms with Gasteiger partial charge in [-0.3, -0.25) is 9.69 Å². The number of carboxylic acid groups (broad SMARTS) is 1. The zero-order valence-corrected chi connectivity index (χ0v) is 11.7. The summed E-state index contributed by atoms with van der Waals surface area (Å²) in [6.45, 7) is 4.20. The Morgan fingerprint density at radius 1 is 1.53 bits per heavy atom. The molecule has 0 spiro atoms. The summed E-state index contributed by atoms with van der Waals surface area (Å²) in [6.07, 6.45) is 0.834. The molecule has 4 nitrogen and oxygen atoms in total. The molecule has 2 rings (SSSR count). The molecule has 104 valence electrons. The fourth-order valence-electron chi connectivity index (χ4n) is 2.56. The maximum atomic E-state index is 11.3. The normalized spacial score (nSPS) is 22.1. The lowest BCUT2D eigenvalue weighted by Gasteiger charge is -2.38. The van der Waals surface area contributed by atoms with Crippen molar-refractivity contribution in [1.82, 2.24) is 10.2 Å². The summed E-state index contributed by atoms with van der Waals surface area (Å²) in [5, 5.41) is 13.1. The number of rotatable bonds is 4. The summed E-state index contributed by atoms with van der Waals surface area (Å²) in [5.74, 6) is -0.754. The number of hydrogen-bond donors (Lipinski definition) is 2. The van der Waals surface area contributed by atoms with Gasteiger partial charge in [0.15, 0.2) is 0 Å². The van der Waals surface area contributed by atoms with Crippen molar-refractivity contribution in [2.75, 3.05) is 19.6 Å². The highest BCUT2D eigenvalue weighted by Crippen LogP contribution is 2.16. The van der Waals surface area contributed by atoms with E-state index in [1.54, 1.807) is 0 Å². The standard InChI is InChI=1S/C14H19ClN2O2/c1-10(8-11-2-4-12(15)5-3-11)17-7-6-16-9-13(17)14(18)19/h2-5,10,13,16H,6-9H2,1H3,(H,18,19). The molecule has 0 aromatic heterocycles. The van der Waals surface area contributed by atoms with Crippen molar-refractivity contribution in [1.29, 1.82) is 0 Å². The minimum atomic E-state index is -0.754. The molecule has 0 bridgehead atoms. The van der Waals surface area contributed by atoms with Crippen molar-refractivity contribution in [2.45, 2.75) is 25.4 Å². The van der Waals surface area contributed by atoms with Crippen molar-refractivity contribution in [3.8, 4) is 0 Å². The van der Waals surface area contributed by atoms with Crippen LogP contribution in [0.25, 0.3) is 0 Å². The maximum Gasteiger partial charge on any atom is 0.322 e. The van der Waals surface area contributed by atoms with Crippen LogP contribution >= 0.6 is 11.6 Å². The van der Waals surface area contributed by atoms with E-state index >= 15 is 0 Å². The summed E-state index contributed by atoms with van der Waals surface area (Å²) < 4.78 is 0. The highest BCUT2D eigenvalue weighted by molar-refractivity contribution is 6.30. The van der Waals surface area contributed by atoms with Gasteiger partial charge in [-0.2, -0.15) is 0 Å². The number of aliphatic carboxylic acids is 1. The third-order valence-corrected chi connectivity index (χ3v) is 3.83. The Labute approximate surface area is 118 Å². The van der Waals surface area contributed by atoms with Gasteiger partial charge in [0, 0.05) is 30.7 Å². The molecule has 0 amide bonds. The van der Waals surface area contributed by atoms with Crippen LogP contribution in [0.3, 0.4) is 0 Å². The first-order valence-electron chi connectivity index (χ1n) is 6.51. The summed E-state index contributed by atoms with van der Waals surface area (Å²) in [7, 11) is 0. The molecule has 2 N–H and O–H groups in total. The van der Waals surface area contributed by atoms with E-state index in [2.05, 4.69) is 17.1 Å². The van der Waals surface area contributed by atoms with Gasteiger partial charge in [0.2, 0.25) is 0 Å². The van der Waals surface area contributed by atoms with Crippen LogP contribution in [-0.2, 0) is 11.2 Å². The summed E-state index contributed by atoms with van der Waals surface area (Å²) in [4.78, 5) is 13.3. The second-order valence-electron chi connectivity index (χ2n) is 4.98. The summed E-state index contributed by atoms with van der Waals surface area (Å²) in [5.41, 5.74) is 1.18. The first-order valence-corrected chi connectivity index (χ1v) is 6.89. The molecule has 1 saturated heterocycles. The average molecular weight is 283 g/mol. The Hall–Kier alpha value is -1.10. The van der Waals surface area contributed by atoms with Gasteiger partial charge in [0.05, 0.1) is 0 Å². The quantitative estimate of drug-likeness (QED) is 0.881. The topological polar surface area (TPSA) is 52.6 Å². The molecule has 1 aromatic rings. The van der Waals surface area contributed by atoms with Gasteiger partial charge >= 0.3 is 5.97 Å². The van der Waals surface area contributed by atoms with Crippen LogP contribution in [0.2, 0.25) is 5.02 Å². The minimum absolute atomic E-state index is 0.198. The van der Waals surface area contributed by atoms with E-state index in [0.717, 1.165) is 24.5 Å². The fraction of sp³-hybridized carbons (Fsp3) is 0.500. The Morgan fingerprint density at radius 2 is 2.21 bits per heavy atom. The van der Waals surface area contributed by atoms with Crippen LogP contribution in [-0.4, -0.2) is 47.7 Å². The minimum Gasteiger partial charge on any atom is -0.480 e. The molecule has 2 atom stereocenters. The zero-order chi connectivity index (χ0) is 13.8. The third-order valence-electron chi connectivity index (χ3n) is 3.58. The van der Waals surface area contributed by atoms with E-state index < -0.39 is 12.0 Å². The molecular weight excluding hydrogens is 264 g/mol. The van der Waals surface area contributed by atoms with Gasteiger partial charge in [-0.25, -0.2) is 0 Å². The molecule has 1 heterocycles. The molecule has 0 saturated carbocycles. The van der Waals surface area contributed by atoms with E-state index in [1.807, 2.05) is 24.3 Å². The van der Waals surface area contributed by atoms with Crippen molar-refractivity contribution in [2.24, 2.45) is 0 Å². The third kappa shape index (κ3) is 3.69. The van der Waals surface area contributed by atoms with E-state index in [1.165, 1.54) is 5.56 Å². The Kier molecular flexibility index (Phi) is 4.80. The van der Waals surface area contributed by atoms with Gasteiger partial charge in [-0.15, -0.1) is 0 Å². The number of piperazine rings is 1. The molecule has 1 fully saturated rings. The number of halogens is 1. The van der Waals surface area contributed by atoms with Gasteiger partial charge in [0.1, 0.15) is 6.04 Å². The Balaban J connectivity index is 2.03. The first-order chi connectivity index (χ1) is 9.08. The van der Waals surface area contributed by atoms with Crippen LogP contribution < -0.4 is 5.32 Å². The lowest BCUT2D eigenvalue weighted by molar-refractivity contribution is -0.144. The van der Waals surface area contributed by atoms with Crippen LogP contribution in [0.4, 0.5) is 0 Å². The van der Waals surface area contributed by atoms with Crippen molar-refractivity contribution in [3.05, 3.63) is 34.9 Å². The largest absolute Gasteiger partial charge is 0.480 e. The van der Waals surface area contributed by atoms with Crippen molar-refractivity contribution < 1.29 is 9.90 Å². The van der Waals surface area contributed by atoms with Crippen molar-refractivity contribution in [3.63, 3.8) is 0 Å². The fourth-order valence-corrected chi connectivity index (χ4v) is 2.68. The Bertz CT molecular complexity index is 436. The molecule has 5 heteroatoms. The number of nitrogens with one attached hydrogen (secondary N) is 1. The number of hydrogen-bond acceptors (Lipinski definition) is 3. The van der Waals surface area contributed by atoms with Crippen LogP contribution in [0.5, 0.6) is 0 Å². The molecule has 0 aliphatic carbocycles. The predicted molar refractivity (Wildman–Crippen MR) is 75.6 cm³/mol. The lowest BCUT2D eigenvalue weighted by atomic mass is 10.0. The first kappa shape index (κ1) is 14.3. The van der Waals surface area contributed by atoms with Gasteiger partial charge in [-0.1, -0.05) is 23.7 Å². The Morgan fingerprint density at radius 3 is 2.84 bits per heavy atom. The van der Waals surface area contributed by atoms with Crippen LogP contribution in [0.15, 0.2) is 24.3 Å². The second-order valence-corrected chi connectivity index (χ2v) is 5.41. The number of carbonyl (C=O) groups is 1.